The molecule has 140 valence electrons. The number of amides is 1. The molecule has 1 aliphatic rings. The van der Waals surface area contributed by atoms with E-state index < -0.39 is 0 Å². The molecule has 0 bridgehead atoms. The Morgan fingerprint density at radius 2 is 2.07 bits per heavy atom. The number of ether oxygens (including phenoxy) is 1. The molecule has 2 aromatic rings. The maximum atomic E-state index is 12.7. The lowest BCUT2D eigenvalue weighted by molar-refractivity contribution is 0.0724. The molecule has 0 spiro atoms. The first-order valence-corrected chi connectivity index (χ1v) is 8.85. The van der Waals surface area contributed by atoms with E-state index in [2.05, 4.69) is 20.6 Å². The molecule has 27 heavy (non-hydrogen) atoms. The molecule has 1 aromatic carbocycles. The summed E-state index contributed by atoms with van der Waals surface area (Å²) in [6.07, 6.45) is 4.72. The predicted octanol–water partition coefficient (Wildman–Crippen LogP) is 2.77. The molecule has 1 saturated heterocycles. The van der Waals surface area contributed by atoms with Gasteiger partial charge in [0, 0.05) is 25.7 Å². The summed E-state index contributed by atoms with van der Waals surface area (Å²) >= 11 is 0. The zero-order valence-corrected chi connectivity index (χ0v) is 15.5. The van der Waals surface area contributed by atoms with E-state index >= 15 is 0 Å². The number of hydrogen-bond acceptors (Lipinski definition) is 7. The van der Waals surface area contributed by atoms with Gasteiger partial charge < -0.3 is 20.3 Å². The van der Waals surface area contributed by atoms with Crippen molar-refractivity contribution in [2.75, 3.05) is 37.9 Å². The lowest BCUT2D eigenvalue weighted by Gasteiger charge is -2.27. The second-order valence-electron chi connectivity index (χ2n) is 6.21. The molecule has 8 heteroatoms. The largest absolute Gasteiger partial charge is 0.495 e. The van der Waals surface area contributed by atoms with E-state index in [0.717, 1.165) is 25.9 Å². The van der Waals surface area contributed by atoms with Gasteiger partial charge in [-0.15, -0.1) is 0 Å². The Bertz CT molecular complexity index is 871. The van der Waals surface area contributed by atoms with Crippen LogP contribution in [0.4, 0.5) is 17.5 Å². The molecule has 1 amide bonds. The van der Waals surface area contributed by atoms with Gasteiger partial charge in [0.1, 0.15) is 23.2 Å². The summed E-state index contributed by atoms with van der Waals surface area (Å²) in [6.45, 7) is 1.60. The molecular weight excluding hydrogens is 344 g/mol. The van der Waals surface area contributed by atoms with E-state index in [1.165, 1.54) is 12.6 Å². The number of aromatic nitrogens is 2. The standard InChI is InChI=1S/C19H22N6O2/c1-21-17-14(11-20)12-22-19(24-17)23-15-7-6-13(10-16(15)27-2)18(26)25-8-4-3-5-9-25/h6-7,10,12H,3-5,8-9H2,1-2H3,(H2,21,22,23,24). The van der Waals surface area contributed by atoms with Crippen LogP contribution < -0.4 is 15.4 Å². The van der Waals surface area contributed by atoms with Crippen LogP contribution in [0.3, 0.4) is 0 Å². The van der Waals surface area contributed by atoms with Gasteiger partial charge in [0.25, 0.3) is 5.91 Å². The van der Waals surface area contributed by atoms with Crippen LogP contribution in [-0.4, -0.2) is 48.0 Å². The van der Waals surface area contributed by atoms with Crippen molar-refractivity contribution in [3.05, 3.63) is 35.5 Å². The first-order valence-electron chi connectivity index (χ1n) is 8.85. The monoisotopic (exact) mass is 366 g/mol. The van der Waals surface area contributed by atoms with E-state index in [1.54, 1.807) is 32.4 Å². The minimum absolute atomic E-state index is 0.0200. The highest BCUT2D eigenvalue weighted by Crippen LogP contribution is 2.29. The lowest BCUT2D eigenvalue weighted by atomic mass is 10.1. The van der Waals surface area contributed by atoms with E-state index in [9.17, 15) is 4.79 Å². The van der Waals surface area contributed by atoms with Gasteiger partial charge in [-0.2, -0.15) is 10.2 Å². The Hall–Kier alpha value is -3.34. The third-order valence-corrected chi connectivity index (χ3v) is 4.48. The highest BCUT2D eigenvalue weighted by atomic mass is 16.5. The van der Waals surface area contributed by atoms with Crippen LogP contribution >= 0.6 is 0 Å². The van der Waals surface area contributed by atoms with Gasteiger partial charge in [-0.25, -0.2) is 4.98 Å². The average molecular weight is 366 g/mol. The zero-order chi connectivity index (χ0) is 19.2. The third-order valence-electron chi connectivity index (χ3n) is 4.48. The molecule has 2 heterocycles. The summed E-state index contributed by atoms with van der Waals surface area (Å²) < 4.78 is 5.44. The summed E-state index contributed by atoms with van der Waals surface area (Å²) in [5.41, 5.74) is 1.59. The maximum Gasteiger partial charge on any atom is 0.253 e. The number of carbonyl (C=O) groups is 1. The number of nitrogens with zero attached hydrogens (tertiary/aromatic N) is 4. The van der Waals surface area contributed by atoms with Crippen molar-refractivity contribution in [1.82, 2.24) is 14.9 Å². The fourth-order valence-corrected chi connectivity index (χ4v) is 3.04. The summed E-state index contributed by atoms with van der Waals surface area (Å²) in [5.74, 6) is 1.31. The number of piperidine rings is 1. The number of nitrogens with one attached hydrogen (secondary N) is 2. The topological polar surface area (TPSA) is 103 Å². The fourth-order valence-electron chi connectivity index (χ4n) is 3.04. The van der Waals surface area contributed by atoms with Gasteiger partial charge in [-0.1, -0.05) is 0 Å². The van der Waals surface area contributed by atoms with Crippen LogP contribution in [0.5, 0.6) is 5.75 Å². The number of hydrogen-bond donors (Lipinski definition) is 2. The van der Waals surface area contributed by atoms with Crippen molar-refractivity contribution < 1.29 is 9.53 Å². The molecule has 0 unspecified atom stereocenters. The first kappa shape index (κ1) is 18.5. The molecule has 1 fully saturated rings. The van der Waals surface area contributed by atoms with Gasteiger partial charge >= 0.3 is 0 Å². The normalized spacial score (nSPS) is 13.6. The molecular formula is C19H22N6O2. The molecule has 1 aromatic heterocycles. The Morgan fingerprint density at radius 3 is 2.74 bits per heavy atom. The highest BCUT2D eigenvalue weighted by Gasteiger charge is 2.19. The van der Waals surface area contributed by atoms with Crippen LogP contribution in [0.2, 0.25) is 0 Å². The zero-order valence-electron chi connectivity index (χ0n) is 15.5. The molecule has 0 radical (unpaired) electrons. The lowest BCUT2D eigenvalue weighted by Crippen LogP contribution is -2.35. The molecule has 0 atom stereocenters. The number of rotatable bonds is 5. The van der Waals surface area contributed by atoms with Crippen LogP contribution in [0.25, 0.3) is 0 Å². The van der Waals surface area contributed by atoms with E-state index in [4.69, 9.17) is 10.00 Å². The van der Waals surface area contributed by atoms with Gasteiger partial charge in [-0.05, 0) is 37.5 Å². The fraction of sp³-hybridized carbons (Fsp3) is 0.368. The molecule has 8 nitrogen and oxygen atoms in total. The van der Waals surface area contributed by atoms with Crippen molar-refractivity contribution in [1.29, 1.82) is 5.26 Å². The quantitative estimate of drug-likeness (QED) is 0.838. The Morgan fingerprint density at radius 1 is 1.30 bits per heavy atom. The van der Waals surface area contributed by atoms with Crippen LogP contribution in [-0.2, 0) is 0 Å². The van der Waals surface area contributed by atoms with E-state index in [-0.39, 0.29) is 5.91 Å². The van der Waals surface area contributed by atoms with E-state index in [1.807, 2.05) is 11.0 Å². The van der Waals surface area contributed by atoms with E-state index in [0.29, 0.717) is 34.3 Å². The summed E-state index contributed by atoms with van der Waals surface area (Å²) in [6, 6.07) is 7.30. The third kappa shape index (κ3) is 4.08. The van der Waals surface area contributed by atoms with Gasteiger partial charge in [0.15, 0.2) is 0 Å². The van der Waals surface area contributed by atoms with Crippen molar-refractivity contribution in [3.63, 3.8) is 0 Å². The van der Waals surface area contributed by atoms with Crippen molar-refractivity contribution in [2.45, 2.75) is 19.3 Å². The van der Waals surface area contributed by atoms with Crippen LogP contribution in [0.1, 0.15) is 35.2 Å². The first-order chi connectivity index (χ1) is 13.2. The van der Waals surface area contributed by atoms with Crippen molar-refractivity contribution >= 4 is 23.4 Å². The summed E-state index contributed by atoms with van der Waals surface area (Å²) in [7, 11) is 3.24. The Labute approximate surface area is 158 Å². The highest BCUT2D eigenvalue weighted by molar-refractivity contribution is 5.95. The Balaban J connectivity index is 1.82. The summed E-state index contributed by atoms with van der Waals surface area (Å²) in [4.78, 5) is 23.0. The minimum Gasteiger partial charge on any atom is -0.495 e. The summed E-state index contributed by atoms with van der Waals surface area (Å²) in [5, 5.41) is 15.0. The van der Waals surface area contributed by atoms with Crippen LogP contribution in [0, 0.1) is 11.3 Å². The number of carbonyl (C=O) groups excluding carboxylic acids is 1. The number of nitriles is 1. The van der Waals surface area contributed by atoms with Gasteiger partial charge in [0.05, 0.1) is 19.0 Å². The average Bonchev–Trinajstić information content (AvgIpc) is 2.74. The smallest absolute Gasteiger partial charge is 0.253 e. The second kappa shape index (κ2) is 8.36. The molecule has 0 aliphatic carbocycles. The Kier molecular flexibility index (Phi) is 5.71. The number of benzene rings is 1. The van der Waals surface area contributed by atoms with Gasteiger partial charge in [-0.3, -0.25) is 4.79 Å². The van der Waals surface area contributed by atoms with Gasteiger partial charge in [0.2, 0.25) is 5.95 Å². The van der Waals surface area contributed by atoms with Crippen molar-refractivity contribution in [3.8, 4) is 11.8 Å². The van der Waals surface area contributed by atoms with Crippen molar-refractivity contribution in [2.24, 2.45) is 0 Å². The molecule has 1 aliphatic heterocycles. The maximum absolute atomic E-state index is 12.7. The minimum atomic E-state index is 0.0200. The molecule has 3 rings (SSSR count). The number of anilines is 3. The molecule has 0 saturated carbocycles. The SMILES string of the molecule is CNc1nc(Nc2ccc(C(=O)N3CCCCC3)cc2OC)ncc1C#N. The second-order valence-corrected chi connectivity index (χ2v) is 6.21. The number of likely N-dealkylation sites (tertiary alicyclic amines) is 1. The van der Waals surface area contributed by atoms with Crippen LogP contribution in [0.15, 0.2) is 24.4 Å². The predicted molar refractivity (Wildman–Crippen MR) is 102 cm³/mol. The number of methoxy groups -OCH3 is 1. The molecule has 2 N–H and O–H groups in total.